The second-order valence-corrected chi connectivity index (χ2v) is 10.2. The third kappa shape index (κ3) is 10.6. The molecule has 1 heterocycles. The van der Waals surface area contributed by atoms with E-state index in [0.29, 0.717) is 0 Å². The summed E-state index contributed by atoms with van der Waals surface area (Å²) in [5, 5.41) is 0. The molecular formula is C23H46O2. The molecule has 1 aliphatic rings. The first-order valence-corrected chi connectivity index (χ1v) is 10.9. The fraction of sp³-hybridized carbons (Fsp3) is 1.00. The van der Waals surface area contributed by atoms with Gasteiger partial charge in [0.2, 0.25) is 0 Å². The second kappa shape index (κ2) is 10.9. The third-order valence-corrected chi connectivity index (χ3v) is 5.74. The molecule has 1 saturated heterocycles. The summed E-state index contributed by atoms with van der Waals surface area (Å²) in [7, 11) is 0. The Labute approximate surface area is 158 Å². The molecule has 0 aliphatic carbocycles. The predicted molar refractivity (Wildman–Crippen MR) is 109 cm³/mol. The first-order valence-electron chi connectivity index (χ1n) is 10.9. The lowest BCUT2D eigenvalue weighted by atomic mass is 9.91. The highest BCUT2D eigenvalue weighted by molar-refractivity contribution is 4.77. The van der Waals surface area contributed by atoms with E-state index in [1.165, 1.54) is 51.4 Å². The van der Waals surface area contributed by atoms with Gasteiger partial charge < -0.3 is 9.47 Å². The molecule has 1 rings (SSSR count). The van der Waals surface area contributed by atoms with E-state index < -0.39 is 0 Å². The van der Waals surface area contributed by atoms with Crippen LogP contribution in [0.4, 0.5) is 0 Å². The van der Waals surface area contributed by atoms with E-state index in [9.17, 15) is 0 Å². The summed E-state index contributed by atoms with van der Waals surface area (Å²) in [6.45, 7) is 17.7. The first kappa shape index (κ1) is 23.0. The van der Waals surface area contributed by atoms with Crippen molar-refractivity contribution in [1.29, 1.82) is 0 Å². The van der Waals surface area contributed by atoms with Crippen LogP contribution in [0.3, 0.4) is 0 Å². The average Bonchev–Trinajstić information content (AvgIpc) is 2.50. The molecule has 0 N–H and O–H groups in total. The highest BCUT2D eigenvalue weighted by Crippen LogP contribution is 2.33. The Morgan fingerprint density at radius 1 is 0.680 bits per heavy atom. The number of ether oxygens (including phenoxy) is 2. The number of rotatable bonds is 12. The van der Waals surface area contributed by atoms with Gasteiger partial charge in [-0.3, -0.25) is 0 Å². The fourth-order valence-electron chi connectivity index (χ4n) is 3.67. The molecule has 1 fully saturated rings. The van der Waals surface area contributed by atoms with Gasteiger partial charge >= 0.3 is 0 Å². The molecule has 2 heteroatoms. The topological polar surface area (TPSA) is 18.5 Å². The molecule has 0 bridgehead atoms. The maximum Gasteiger partial charge on any atom is 0.165 e. The molecule has 0 aromatic carbocycles. The van der Waals surface area contributed by atoms with Crippen LogP contribution in [0.1, 0.15) is 106 Å². The van der Waals surface area contributed by atoms with Crippen molar-refractivity contribution in [3.63, 3.8) is 0 Å². The van der Waals surface area contributed by atoms with E-state index in [1.54, 1.807) is 0 Å². The van der Waals surface area contributed by atoms with Gasteiger partial charge in [0.05, 0.1) is 13.2 Å². The van der Waals surface area contributed by atoms with Gasteiger partial charge in [0.1, 0.15) is 0 Å². The summed E-state index contributed by atoms with van der Waals surface area (Å²) < 4.78 is 12.0. The smallest absolute Gasteiger partial charge is 0.165 e. The highest BCUT2D eigenvalue weighted by Gasteiger charge is 2.36. The Kier molecular flexibility index (Phi) is 10.0. The molecule has 0 aromatic rings. The van der Waals surface area contributed by atoms with Gasteiger partial charge in [-0.2, -0.15) is 0 Å². The summed E-state index contributed by atoms with van der Waals surface area (Å²) in [5.74, 6) is 2.24. The van der Waals surface area contributed by atoms with Crippen LogP contribution < -0.4 is 0 Å². The lowest BCUT2D eigenvalue weighted by Gasteiger charge is -2.41. The van der Waals surface area contributed by atoms with Crippen LogP contribution in [0.15, 0.2) is 0 Å². The van der Waals surface area contributed by atoms with Crippen molar-refractivity contribution in [3.8, 4) is 0 Å². The third-order valence-electron chi connectivity index (χ3n) is 5.74. The molecule has 25 heavy (non-hydrogen) atoms. The molecule has 150 valence electrons. The van der Waals surface area contributed by atoms with Gasteiger partial charge in [-0.15, -0.1) is 0 Å². The Morgan fingerprint density at radius 3 is 1.60 bits per heavy atom. The molecule has 0 spiro atoms. The molecule has 0 unspecified atom stereocenters. The van der Waals surface area contributed by atoms with Crippen molar-refractivity contribution in [2.24, 2.45) is 23.2 Å². The maximum atomic E-state index is 6.01. The van der Waals surface area contributed by atoms with Crippen molar-refractivity contribution in [2.45, 2.75) is 112 Å². The lowest BCUT2D eigenvalue weighted by Crippen LogP contribution is -2.45. The number of hydrogen-bond donors (Lipinski definition) is 0. The van der Waals surface area contributed by atoms with Crippen molar-refractivity contribution < 1.29 is 9.47 Å². The van der Waals surface area contributed by atoms with Gasteiger partial charge in [0.25, 0.3) is 0 Å². The van der Waals surface area contributed by atoms with E-state index in [-0.39, 0.29) is 11.2 Å². The van der Waals surface area contributed by atoms with Gasteiger partial charge in [-0.1, -0.05) is 86.5 Å². The first-order chi connectivity index (χ1) is 11.6. The van der Waals surface area contributed by atoms with Crippen LogP contribution in [0, 0.1) is 23.2 Å². The molecule has 1 aliphatic heterocycles. The van der Waals surface area contributed by atoms with Crippen molar-refractivity contribution >= 4 is 0 Å². The summed E-state index contributed by atoms with van der Waals surface area (Å²) in [4.78, 5) is 0. The van der Waals surface area contributed by atoms with Crippen LogP contribution in [0.2, 0.25) is 0 Å². The average molecular weight is 355 g/mol. The van der Waals surface area contributed by atoms with Gasteiger partial charge in [0, 0.05) is 11.8 Å². The Bertz CT molecular complexity index is 338. The Balaban J connectivity index is 2.06. The van der Waals surface area contributed by atoms with E-state index in [0.717, 1.165) is 37.4 Å². The molecule has 0 radical (unpaired) electrons. The van der Waals surface area contributed by atoms with Gasteiger partial charge in [-0.05, 0) is 31.1 Å². The lowest BCUT2D eigenvalue weighted by molar-refractivity contribution is -0.292. The van der Waals surface area contributed by atoms with Gasteiger partial charge in [-0.25, -0.2) is 0 Å². The van der Waals surface area contributed by atoms with E-state index in [1.807, 2.05) is 0 Å². The molecular weight excluding hydrogens is 308 g/mol. The van der Waals surface area contributed by atoms with E-state index >= 15 is 0 Å². The van der Waals surface area contributed by atoms with Crippen LogP contribution in [0.5, 0.6) is 0 Å². The SMILES string of the molecule is CC(C)CCC[C@@H](C)CCC[C@H](C)CCCC1(C)OCC(C)(C)CO1. The quantitative estimate of drug-likeness (QED) is 0.368. The molecule has 2 nitrogen and oxygen atoms in total. The monoisotopic (exact) mass is 354 g/mol. The molecule has 2 atom stereocenters. The van der Waals surface area contributed by atoms with Crippen molar-refractivity contribution in [2.75, 3.05) is 13.2 Å². The van der Waals surface area contributed by atoms with Crippen LogP contribution >= 0.6 is 0 Å². The fourth-order valence-corrected chi connectivity index (χ4v) is 3.67. The highest BCUT2D eigenvalue weighted by atomic mass is 16.7. The minimum atomic E-state index is -0.347. The van der Waals surface area contributed by atoms with Crippen molar-refractivity contribution in [3.05, 3.63) is 0 Å². The normalized spacial score (nSPS) is 22.1. The summed E-state index contributed by atoms with van der Waals surface area (Å²) in [6.07, 6.45) is 11.9. The van der Waals surface area contributed by atoms with E-state index in [4.69, 9.17) is 9.47 Å². The zero-order valence-electron chi connectivity index (χ0n) is 18.3. The predicted octanol–water partition coefficient (Wildman–Crippen LogP) is 7.21. The van der Waals surface area contributed by atoms with Crippen LogP contribution in [-0.4, -0.2) is 19.0 Å². The van der Waals surface area contributed by atoms with E-state index in [2.05, 4.69) is 48.5 Å². The Hall–Kier alpha value is -0.0800. The molecule has 0 saturated carbocycles. The van der Waals surface area contributed by atoms with Crippen LogP contribution in [-0.2, 0) is 9.47 Å². The zero-order chi connectivity index (χ0) is 18.9. The Morgan fingerprint density at radius 2 is 1.12 bits per heavy atom. The maximum absolute atomic E-state index is 6.01. The number of hydrogen-bond acceptors (Lipinski definition) is 2. The zero-order valence-corrected chi connectivity index (χ0v) is 18.3. The van der Waals surface area contributed by atoms with Crippen LogP contribution in [0.25, 0.3) is 0 Å². The molecule has 0 aromatic heterocycles. The van der Waals surface area contributed by atoms with Crippen molar-refractivity contribution in [1.82, 2.24) is 0 Å². The minimum absolute atomic E-state index is 0.165. The standard InChI is InChI=1S/C23H46O2/c1-19(2)11-8-12-20(3)13-9-14-21(4)15-10-16-23(7)24-17-22(5,6)18-25-23/h19-21H,8-18H2,1-7H3/t20-,21+/m1/s1. The minimum Gasteiger partial charge on any atom is -0.350 e. The van der Waals surface area contributed by atoms with Gasteiger partial charge in [0.15, 0.2) is 5.79 Å². The second-order valence-electron chi connectivity index (χ2n) is 10.2. The summed E-state index contributed by atoms with van der Waals surface area (Å²) in [6, 6.07) is 0. The largest absolute Gasteiger partial charge is 0.350 e. The summed E-state index contributed by atoms with van der Waals surface area (Å²) >= 11 is 0. The molecule has 0 amide bonds. The summed E-state index contributed by atoms with van der Waals surface area (Å²) in [5.41, 5.74) is 0.165.